The Bertz CT molecular complexity index is 1640. The largest absolute Gasteiger partial charge is 0.497 e. The molecule has 2 heterocycles. The van der Waals surface area contributed by atoms with Crippen molar-refractivity contribution in [3.63, 3.8) is 0 Å². The van der Waals surface area contributed by atoms with Crippen molar-refractivity contribution < 1.29 is 26.7 Å². The van der Waals surface area contributed by atoms with Crippen molar-refractivity contribution in [2.24, 2.45) is 0 Å². The van der Waals surface area contributed by atoms with Crippen molar-refractivity contribution >= 4 is 26.7 Å². The Morgan fingerprint density at radius 2 is 1.76 bits per heavy atom. The summed E-state index contributed by atoms with van der Waals surface area (Å²) in [5.41, 5.74) is 1.68. The molecule has 4 aromatic rings. The quantitative estimate of drug-likeness (QED) is 0.301. The van der Waals surface area contributed by atoms with Gasteiger partial charge in [-0.3, -0.25) is 0 Å². The number of anilines is 1. The summed E-state index contributed by atoms with van der Waals surface area (Å²) in [6.07, 6.45) is 1.06. The second-order valence-electron chi connectivity index (χ2n) is 9.07. The monoisotopic (exact) mass is 541 g/mol. The first-order valence-corrected chi connectivity index (χ1v) is 13.6. The van der Waals surface area contributed by atoms with Gasteiger partial charge in [-0.05, 0) is 53.8 Å². The maximum Gasteiger partial charge on any atom is 0.344 e. The summed E-state index contributed by atoms with van der Waals surface area (Å²) in [5.74, 6) is 0.346. The first kappa shape index (κ1) is 27.2. The number of sulfonamides is 1. The SMILES string of the molecule is COc1ccc2cc(COCc3c(-c4ccc(F)cc4)nc(N(C)S(C)(=O)=O)nc3C(C)C)oc(=O)c2c1. The zero-order valence-corrected chi connectivity index (χ0v) is 22.5. The van der Waals surface area contributed by atoms with Crippen LogP contribution in [0.3, 0.4) is 0 Å². The van der Waals surface area contributed by atoms with E-state index in [0.717, 1.165) is 10.6 Å². The minimum absolute atomic E-state index is 0.00442. The average molecular weight is 542 g/mol. The number of fused-ring (bicyclic) bond motifs is 1. The van der Waals surface area contributed by atoms with E-state index in [1.807, 2.05) is 13.8 Å². The van der Waals surface area contributed by atoms with Gasteiger partial charge >= 0.3 is 5.63 Å². The summed E-state index contributed by atoms with van der Waals surface area (Å²) in [7, 11) is -0.738. The van der Waals surface area contributed by atoms with Crippen LogP contribution >= 0.6 is 0 Å². The lowest BCUT2D eigenvalue weighted by atomic mass is 9.99. The number of halogens is 1. The first-order valence-electron chi connectivity index (χ1n) is 11.8. The molecule has 0 bridgehead atoms. The van der Waals surface area contributed by atoms with Gasteiger partial charge in [-0.2, -0.15) is 0 Å². The van der Waals surface area contributed by atoms with Crippen molar-refractivity contribution in [3.05, 3.63) is 81.8 Å². The van der Waals surface area contributed by atoms with Gasteiger partial charge in [0.2, 0.25) is 16.0 Å². The molecule has 0 amide bonds. The van der Waals surface area contributed by atoms with Crippen LogP contribution in [0.2, 0.25) is 0 Å². The second-order valence-corrected chi connectivity index (χ2v) is 11.1. The Balaban J connectivity index is 1.71. The normalized spacial score (nSPS) is 11.8. The lowest BCUT2D eigenvalue weighted by Gasteiger charge is -2.21. The van der Waals surface area contributed by atoms with E-state index in [1.165, 1.54) is 26.3 Å². The van der Waals surface area contributed by atoms with Gasteiger partial charge in [-0.15, -0.1) is 0 Å². The predicted octanol–water partition coefficient (Wildman–Crippen LogP) is 4.63. The summed E-state index contributed by atoms with van der Waals surface area (Å²) in [6.45, 7) is 3.86. The van der Waals surface area contributed by atoms with Crippen LogP contribution in [0.1, 0.15) is 36.8 Å². The maximum absolute atomic E-state index is 13.7. The Morgan fingerprint density at radius 3 is 2.39 bits per heavy atom. The van der Waals surface area contributed by atoms with Gasteiger partial charge in [0, 0.05) is 18.2 Å². The van der Waals surface area contributed by atoms with E-state index in [2.05, 4.69) is 9.97 Å². The van der Waals surface area contributed by atoms with Crippen LogP contribution in [0.15, 0.2) is 57.7 Å². The molecular formula is C27H28FN3O6S. The molecule has 0 saturated heterocycles. The molecule has 4 rings (SSSR count). The molecule has 0 aliphatic carbocycles. The van der Waals surface area contributed by atoms with Gasteiger partial charge in [-0.1, -0.05) is 19.9 Å². The van der Waals surface area contributed by atoms with Gasteiger partial charge in [0.05, 0.1) is 36.7 Å². The van der Waals surface area contributed by atoms with E-state index in [0.29, 0.717) is 44.8 Å². The molecule has 0 saturated carbocycles. The molecule has 38 heavy (non-hydrogen) atoms. The van der Waals surface area contributed by atoms with E-state index in [-0.39, 0.29) is 25.1 Å². The maximum atomic E-state index is 13.7. The molecule has 0 atom stereocenters. The van der Waals surface area contributed by atoms with Crippen LogP contribution in [0.4, 0.5) is 10.3 Å². The molecule has 0 spiro atoms. The zero-order valence-electron chi connectivity index (χ0n) is 21.7. The number of rotatable bonds is 9. The first-order chi connectivity index (χ1) is 18.0. The number of nitrogens with zero attached hydrogens (tertiary/aromatic N) is 3. The Kier molecular flexibility index (Phi) is 7.79. The van der Waals surface area contributed by atoms with Crippen molar-refractivity contribution in [1.82, 2.24) is 9.97 Å². The molecule has 0 fully saturated rings. The highest BCUT2D eigenvalue weighted by molar-refractivity contribution is 7.92. The fourth-order valence-electron chi connectivity index (χ4n) is 3.91. The molecule has 0 radical (unpaired) electrons. The molecule has 11 heteroatoms. The number of aromatic nitrogens is 2. The molecule has 0 N–H and O–H groups in total. The third kappa shape index (κ3) is 5.84. The summed E-state index contributed by atoms with van der Waals surface area (Å²) in [5, 5.41) is 1.08. The summed E-state index contributed by atoms with van der Waals surface area (Å²) in [4.78, 5) is 21.6. The van der Waals surface area contributed by atoms with E-state index in [4.69, 9.17) is 13.9 Å². The molecule has 2 aromatic heterocycles. The van der Waals surface area contributed by atoms with E-state index >= 15 is 0 Å². The number of benzene rings is 2. The zero-order chi connectivity index (χ0) is 27.6. The van der Waals surface area contributed by atoms with Crippen LogP contribution in [0.5, 0.6) is 5.75 Å². The number of hydrogen-bond acceptors (Lipinski definition) is 8. The topological polar surface area (TPSA) is 112 Å². The number of hydrogen-bond donors (Lipinski definition) is 0. The molecule has 0 unspecified atom stereocenters. The van der Waals surface area contributed by atoms with Crippen LogP contribution in [-0.4, -0.2) is 38.8 Å². The van der Waals surface area contributed by atoms with Crippen molar-refractivity contribution in [3.8, 4) is 17.0 Å². The van der Waals surface area contributed by atoms with Gasteiger partial charge in [0.25, 0.3) is 0 Å². The number of methoxy groups -OCH3 is 1. The minimum atomic E-state index is -3.63. The summed E-state index contributed by atoms with van der Waals surface area (Å²) in [6, 6.07) is 12.6. The van der Waals surface area contributed by atoms with E-state index in [1.54, 1.807) is 36.4 Å². The molecule has 9 nitrogen and oxygen atoms in total. The standard InChI is InChI=1S/C27H28FN3O6S/c1-16(2)24-23(15-36-14-21-12-18-8-11-20(35-4)13-22(18)26(32)37-21)25(17-6-9-19(28)10-7-17)30-27(29-24)31(3)38(5,33)34/h6-13,16H,14-15H2,1-5H3. The highest BCUT2D eigenvalue weighted by Gasteiger charge is 2.23. The third-order valence-corrected chi connectivity index (χ3v) is 7.14. The van der Waals surface area contributed by atoms with E-state index in [9.17, 15) is 17.6 Å². The predicted molar refractivity (Wildman–Crippen MR) is 142 cm³/mol. The Morgan fingerprint density at radius 1 is 1.05 bits per heavy atom. The molecule has 200 valence electrons. The van der Waals surface area contributed by atoms with Crippen LogP contribution in [0.25, 0.3) is 22.0 Å². The smallest absolute Gasteiger partial charge is 0.344 e. The van der Waals surface area contributed by atoms with Gasteiger partial charge < -0.3 is 13.9 Å². The minimum Gasteiger partial charge on any atom is -0.497 e. The highest BCUT2D eigenvalue weighted by atomic mass is 32.2. The molecular weight excluding hydrogens is 513 g/mol. The lowest BCUT2D eigenvalue weighted by molar-refractivity contribution is 0.0903. The Labute approximate surface area is 219 Å². The summed E-state index contributed by atoms with van der Waals surface area (Å²) < 4.78 is 55.6. The molecule has 2 aromatic carbocycles. The Hall–Kier alpha value is -3.83. The summed E-state index contributed by atoms with van der Waals surface area (Å²) >= 11 is 0. The lowest BCUT2D eigenvalue weighted by Crippen LogP contribution is -2.28. The van der Waals surface area contributed by atoms with Gasteiger partial charge in [0.1, 0.15) is 23.9 Å². The number of ether oxygens (including phenoxy) is 2. The van der Waals surface area contributed by atoms with Crippen LogP contribution in [0, 0.1) is 5.82 Å². The van der Waals surface area contributed by atoms with Gasteiger partial charge in [-0.25, -0.2) is 31.9 Å². The van der Waals surface area contributed by atoms with Gasteiger partial charge in [0.15, 0.2) is 0 Å². The van der Waals surface area contributed by atoms with Crippen LogP contribution in [-0.2, 0) is 28.0 Å². The van der Waals surface area contributed by atoms with Crippen molar-refractivity contribution in [2.75, 3.05) is 24.7 Å². The van der Waals surface area contributed by atoms with E-state index < -0.39 is 21.5 Å². The molecule has 0 aliphatic rings. The fraction of sp³-hybridized carbons (Fsp3) is 0.296. The average Bonchev–Trinajstić information content (AvgIpc) is 2.88. The van der Waals surface area contributed by atoms with Crippen molar-refractivity contribution in [1.29, 1.82) is 0 Å². The second kappa shape index (κ2) is 10.9. The fourth-order valence-corrected chi connectivity index (χ4v) is 4.29. The molecule has 0 aliphatic heterocycles. The third-order valence-electron chi connectivity index (χ3n) is 5.98. The highest BCUT2D eigenvalue weighted by Crippen LogP contribution is 2.31. The van der Waals surface area contributed by atoms with Crippen LogP contribution < -0.4 is 14.7 Å². The van der Waals surface area contributed by atoms with Crippen molar-refractivity contribution in [2.45, 2.75) is 33.0 Å².